The first-order valence-electron chi connectivity index (χ1n) is 3.55. The van der Waals surface area contributed by atoms with E-state index in [1.165, 1.54) is 6.07 Å². The second-order valence-electron chi connectivity index (χ2n) is 2.43. The lowest BCUT2D eigenvalue weighted by Gasteiger charge is -2.02. The SMILES string of the molecule is O=S(=O)(NCC(F)F)c1cc(Cl)c(Br)s1. The Morgan fingerprint density at radius 3 is 2.60 bits per heavy atom. The molecule has 9 heteroatoms. The van der Waals surface area contributed by atoms with Gasteiger partial charge in [-0.25, -0.2) is 21.9 Å². The van der Waals surface area contributed by atoms with Gasteiger partial charge < -0.3 is 0 Å². The number of sulfonamides is 1. The Morgan fingerprint density at radius 1 is 1.60 bits per heavy atom. The first-order chi connectivity index (χ1) is 6.83. The fraction of sp³-hybridized carbons (Fsp3) is 0.333. The van der Waals surface area contributed by atoms with E-state index >= 15 is 0 Å². The van der Waals surface area contributed by atoms with E-state index in [2.05, 4.69) is 15.9 Å². The molecular formula is C6H5BrClF2NO2S2. The zero-order valence-corrected chi connectivity index (χ0v) is 11.0. The standard InChI is InChI=1S/C6H5BrClF2NO2S2/c7-6-3(8)1-5(14-6)15(12,13)11-2-4(9)10/h1,4,11H,2H2. The van der Waals surface area contributed by atoms with Crippen LogP contribution in [0.15, 0.2) is 14.1 Å². The topological polar surface area (TPSA) is 46.2 Å². The zero-order valence-electron chi connectivity index (χ0n) is 7.01. The van der Waals surface area contributed by atoms with Crippen molar-refractivity contribution in [2.75, 3.05) is 6.54 Å². The highest BCUT2D eigenvalue weighted by Gasteiger charge is 2.20. The largest absolute Gasteiger partial charge is 0.251 e. The molecule has 0 saturated heterocycles. The molecule has 0 saturated carbocycles. The molecular weight excluding hydrogens is 336 g/mol. The minimum Gasteiger partial charge on any atom is -0.209 e. The molecule has 1 aromatic heterocycles. The summed E-state index contributed by atoms with van der Waals surface area (Å²) >= 11 is 9.52. The normalized spacial score (nSPS) is 12.3. The van der Waals surface area contributed by atoms with Crippen molar-refractivity contribution in [3.63, 3.8) is 0 Å². The molecule has 0 spiro atoms. The van der Waals surface area contributed by atoms with E-state index in [9.17, 15) is 17.2 Å². The van der Waals surface area contributed by atoms with Crippen molar-refractivity contribution in [3.05, 3.63) is 14.9 Å². The summed E-state index contributed by atoms with van der Waals surface area (Å²) in [5, 5.41) is 0.234. The number of hydrogen-bond donors (Lipinski definition) is 1. The minimum atomic E-state index is -3.88. The van der Waals surface area contributed by atoms with Gasteiger partial charge in [-0.15, -0.1) is 11.3 Å². The molecule has 0 unspecified atom stereocenters. The maximum Gasteiger partial charge on any atom is 0.251 e. The summed E-state index contributed by atoms with van der Waals surface area (Å²) in [5.41, 5.74) is 0. The predicted octanol–water partition coefficient (Wildman–Crippen LogP) is 2.71. The summed E-state index contributed by atoms with van der Waals surface area (Å²) in [6.07, 6.45) is -2.72. The van der Waals surface area contributed by atoms with Crippen molar-refractivity contribution in [3.8, 4) is 0 Å². The molecule has 1 N–H and O–H groups in total. The molecule has 15 heavy (non-hydrogen) atoms. The summed E-state index contributed by atoms with van der Waals surface area (Å²) in [7, 11) is -3.88. The van der Waals surface area contributed by atoms with Crippen molar-refractivity contribution in [1.29, 1.82) is 0 Å². The van der Waals surface area contributed by atoms with Crippen LogP contribution in [0.5, 0.6) is 0 Å². The molecule has 0 aliphatic rings. The Balaban J connectivity index is 2.87. The van der Waals surface area contributed by atoms with Crippen molar-refractivity contribution >= 4 is 48.9 Å². The number of rotatable bonds is 4. The van der Waals surface area contributed by atoms with Gasteiger partial charge in [0.15, 0.2) is 0 Å². The molecule has 0 atom stereocenters. The van der Waals surface area contributed by atoms with Crippen molar-refractivity contribution in [1.82, 2.24) is 4.72 Å². The summed E-state index contributed by atoms with van der Waals surface area (Å²) in [4.78, 5) is 0. The van der Waals surface area contributed by atoms with Gasteiger partial charge in [0.05, 0.1) is 15.4 Å². The quantitative estimate of drug-likeness (QED) is 0.916. The first-order valence-corrected chi connectivity index (χ1v) is 7.02. The van der Waals surface area contributed by atoms with Crippen LogP contribution >= 0.6 is 38.9 Å². The zero-order chi connectivity index (χ0) is 11.6. The van der Waals surface area contributed by atoms with Crippen LogP contribution in [0.3, 0.4) is 0 Å². The van der Waals surface area contributed by atoms with Gasteiger partial charge in [-0.3, -0.25) is 0 Å². The Hall–Kier alpha value is 0.240. The van der Waals surface area contributed by atoms with E-state index in [-0.39, 0.29) is 9.23 Å². The van der Waals surface area contributed by atoms with Crippen LogP contribution in [-0.2, 0) is 10.0 Å². The molecule has 0 bridgehead atoms. The third kappa shape index (κ3) is 3.63. The van der Waals surface area contributed by atoms with E-state index in [4.69, 9.17) is 11.6 Å². The van der Waals surface area contributed by atoms with E-state index in [1.807, 2.05) is 0 Å². The lowest BCUT2D eigenvalue weighted by Crippen LogP contribution is -2.27. The van der Waals surface area contributed by atoms with Gasteiger partial charge in [-0.2, -0.15) is 0 Å². The Bertz CT molecular complexity index is 428. The number of hydrogen-bond acceptors (Lipinski definition) is 3. The highest BCUT2D eigenvalue weighted by Crippen LogP contribution is 2.34. The van der Waals surface area contributed by atoms with E-state index in [0.717, 1.165) is 11.3 Å². The first kappa shape index (κ1) is 13.3. The Labute approximate surface area is 103 Å². The maximum atomic E-state index is 11.8. The predicted molar refractivity (Wildman–Crippen MR) is 58.2 cm³/mol. The van der Waals surface area contributed by atoms with Gasteiger partial charge in [0.2, 0.25) is 10.0 Å². The fourth-order valence-corrected chi connectivity index (χ4v) is 4.15. The number of halogens is 4. The van der Waals surface area contributed by atoms with Crippen LogP contribution in [0.25, 0.3) is 0 Å². The number of nitrogens with one attached hydrogen (secondary N) is 1. The molecule has 3 nitrogen and oxygen atoms in total. The number of alkyl halides is 2. The van der Waals surface area contributed by atoms with Gasteiger partial charge >= 0.3 is 0 Å². The molecule has 0 aliphatic carbocycles. The molecule has 86 valence electrons. The minimum absolute atomic E-state index is 0.0972. The Morgan fingerprint density at radius 2 is 2.20 bits per heavy atom. The molecule has 1 rings (SSSR count). The third-order valence-corrected chi connectivity index (χ3v) is 5.69. The lowest BCUT2D eigenvalue weighted by molar-refractivity contribution is 0.153. The van der Waals surface area contributed by atoms with Crippen LogP contribution in [-0.4, -0.2) is 21.4 Å². The molecule has 1 aromatic rings. The van der Waals surface area contributed by atoms with Gasteiger partial charge in [0.1, 0.15) is 4.21 Å². The Kier molecular flexibility index (Phi) is 4.48. The second-order valence-corrected chi connectivity index (χ2v) is 7.20. The lowest BCUT2D eigenvalue weighted by atomic mass is 10.7. The fourth-order valence-electron chi connectivity index (χ4n) is 0.703. The van der Waals surface area contributed by atoms with Crippen LogP contribution in [0.4, 0.5) is 8.78 Å². The van der Waals surface area contributed by atoms with E-state index in [0.29, 0.717) is 3.79 Å². The second kappa shape index (κ2) is 5.05. The van der Waals surface area contributed by atoms with Crippen LogP contribution in [0.1, 0.15) is 0 Å². The highest BCUT2D eigenvalue weighted by molar-refractivity contribution is 9.11. The van der Waals surface area contributed by atoms with Gasteiger partial charge in [-0.1, -0.05) is 11.6 Å². The molecule has 0 fully saturated rings. The molecule has 0 aromatic carbocycles. The summed E-state index contributed by atoms with van der Waals surface area (Å²) in [6.45, 7) is -0.907. The van der Waals surface area contributed by atoms with Crippen LogP contribution in [0.2, 0.25) is 5.02 Å². The van der Waals surface area contributed by atoms with Gasteiger partial charge in [-0.05, 0) is 22.0 Å². The summed E-state index contributed by atoms with van der Waals surface area (Å²) in [6, 6.07) is 1.20. The monoisotopic (exact) mass is 339 g/mol. The van der Waals surface area contributed by atoms with Gasteiger partial charge in [0.25, 0.3) is 6.43 Å². The van der Waals surface area contributed by atoms with Gasteiger partial charge in [0, 0.05) is 0 Å². The van der Waals surface area contributed by atoms with Crippen LogP contribution in [0, 0.1) is 0 Å². The molecule has 0 aliphatic heterocycles. The molecule has 1 heterocycles. The van der Waals surface area contributed by atoms with Crippen molar-refractivity contribution in [2.45, 2.75) is 10.6 Å². The molecule has 0 radical (unpaired) electrons. The average molecular weight is 341 g/mol. The highest BCUT2D eigenvalue weighted by atomic mass is 79.9. The smallest absolute Gasteiger partial charge is 0.209 e. The van der Waals surface area contributed by atoms with E-state index in [1.54, 1.807) is 4.72 Å². The maximum absolute atomic E-state index is 11.8. The number of thiophene rings is 1. The summed E-state index contributed by atoms with van der Waals surface area (Å²) < 4.78 is 48.5. The van der Waals surface area contributed by atoms with Crippen molar-refractivity contribution in [2.24, 2.45) is 0 Å². The average Bonchev–Trinajstić information content (AvgIpc) is 2.45. The summed E-state index contributed by atoms with van der Waals surface area (Å²) in [5.74, 6) is 0. The van der Waals surface area contributed by atoms with Crippen LogP contribution < -0.4 is 4.72 Å². The third-order valence-electron chi connectivity index (χ3n) is 1.32. The molecule has 0 amide bonds. The van der Waals surface area contributed by atoms with E-state index < -0.39 is 23.0 Å². The van der Waals surface area contributed by atoms with Crippen molar-refractivity contribution < 1.29 is 17.2 Å².